The van der Waals surface area contributed by atoms with Gasteiger partial charge >= 0.3 is 5.76 Å². The number of hydrogen-bond acceptors (Lipinski definition) is 6. The predicted octanol–water partition coefficient (Wildman–Crippen LogP) is 1.11. The highest BCUT2D eigenvalue weighted by Gasteiger charge is 2.03. The van der Waals surface area contributed by atoms with Crippen LogP contribution in [0.25, 0.3) is 11.1 Å². The van der Waals surface area contributed by atoms with Gasteiger partial charge in [0.15, 0.2) is 5.58 Å². The summed E-state index contributed by atoms with van der Waals surface area (Å²) in [4.78, 5) is 21.9. The summed E-state index contributed by atoms with van der Waals surface area (Å²) < 4.78 is 4.99. The fraction of sp³-hybridized carbons (Fsp3) is 0.0833. The van der Waals surface area contributed by atoms with Crippen molar-refractivity contribution in [3.05, 3.63) is 46.8 Å². The maximum atomic E-state index is 11.1. The topological polar surface area (TPSA) is 110 Å². The lowest BCUT2D eigenvalue weighted by molar-refractivity contribution is 0.555. The van der Waals surface area contributed by atoms with Crippen LogP contribution in [0.2, 0.25) is 0 Å². The number of aromatic nitrogens is 3. The third-order valence-corrected chi connectivity index (χ3v) is 2.58. The molecule has 0 aliphatic heterocycles. The Morgan fingerprint density at radius 2 is 2.26 bits per heavy atom. The lowest BCUT2D eigenvalue weighted by atomic mass is 10.3. The molecule has 0 unspecified atom stereocenters. The van der Waals surface area contributed by atoms with Crippen molar-refractivity contribution in [3.8, 4) is 0 Å². The SMILES string of the molecule is NCc1nccc(Nc2ccc3[nH]c(=O)oc3c2)n1. The molecule has 3 rings (SSSR count). The molecule has 2 heterocycles. The van der Waals surface area contributed by atoms with Gasteiger partial charge in [-0.25, -0.2) is 14.8 Å². The summed E-state index contributed by atoms with van der Waals surface area (Å²) in [6.07, 6.45) is 1.63. The molecule has 3 aromatic rings. The van der Waals surface area contributed by atoms with Gasteiger partial charge in [-0.15, -0.1) is 0 Å². The molecule has 7 nitrogen and oxygen atoms in total. The second kappa shape index (κ2) is 4.54. The van der Waals surface area contributed by atoms with Crippen LogP contribution in [0.4, 0.5) is 11.5 Å². The summed E-state index contributed by atoms with van der Waals surface area (Å²) >= 11 is 0. The normalized spacial score (nSPS) is 10.8. The van der Waals surface area contributed by atoms with Crippen LogP contribution < -0.4 is 16.8 Å². The van der Waals surface area contributed by atoms with E-state index in [4.69, 9.17) is 10.2 Å². The summed E-state index contributed by atoms with van der Waals surface area (Å²) in [6, 6.07) is 7.03. The first-order chi connectivity index (χ1) is 9.24. The van der Waals surface area contributed by atoms with Crippen molar-refractivity contribution >= 4 is 22.6 Å². The molecule has 4 N–H and O–H groups in total. The fourth-order valence-corrected chi connectivity index (χ4v) is 1.74. The maximum Gasteiger partial charge on any atom is 0.417 e. The van der Waals surface area contributed by atoms with Crippen LogP contribution in [-0.2, 0) is 6.54 Å². The zero-order valence-corrected chi connectivity index (χ0v) is 9.88. The summed E-state index contributed by atoms with van der Waals surface area (Å²) in [5.41, 5.74) is 7.39. The van der Waals surface area contributed by atoms with E-state index in [0.717, 1.165) is 5.69 Å². The smallest absolute Gasteiger partial charge is 0.408 e. The number of benzene rings is 1. The number of hydrogen-bond donors (Lipinski definition) is 3. The quantitative estimate of drug-likeness (QED) is 0.648. The van der Waals surface area contributed by atoms with E-state index < -0.39 is 5.76 Å². The number of rotatable bonds is 3. The molecule has 0 radical (unpaired) electrons. The molecule has 0 bridgehead atoms. The molecule has 0 atom stereocenters. The average Bonchev–Trinajstić information content (AvgIpc) is 2.78. The van der Waals surface area contributed by atoms with Crippen molar-refractivity contribution in [1.29, 1.82) is 0 Å². The van der Waals surface area contributed by atoms with Crippen LogP contribution in [0, 0.1) is 0 Å². The van der Waals surface area contributed by atoms with E-state index in [1.165, 1.54) is 0 Å². The molecule has 0 spiro atoms. The molecule has 0 fully saturated rings. The Bertz CT molecular complexity index is 777. The number of H-pyrrole nitrogens is 1. The monoisotopic (exact) mass is 257 g/mol. The van der Waals surface area contributed by atoms with Gasteiger partial charge in [0.2, 0.25) is 0 Å². The van der Waals surface area contributed by atoms with E-state index in [9.17, 15) is 4.79 Å². The predicted molar refractivity (Wildman–Crippen MR) is 70.0 cm³/mol. The van der Waals surface area contributed by atoms with Crippen molar-refractivity contribution in [2.24, 2.45) is 5.73 Å². The third-order valence-electron chi connectivity index (χ3n) is 2.58. The molecule has 0 saturated heterocycles. The Morgan fingerprint density at radius 1 is 1.37 bits per heavy atom. The van der Waals surface area contributed by atoms with Gasteiger partial charge in [0.25, 0.3) is 0 Å². The van der Waals surface area contributed by atoms with Crippen LogP contribution in [0.5, 0.6) is 0 Å². The molecule has 7 heteroatoms. The van der Waals surface area contributed by atoms with E-state index >= 15 is 0 Å². The van der Waals surface area contributed by atoms with Crippen molar-refractivity contribution in [3.63, 3.8) is 0 Å². The lowest BCUT2D eigenvalue weighted by Gasteiger charge is -2.05. The average molecular weight is 257 g/mol. The minimum atomic E-state index is -0.473. The van der Waals surface area contributed by atoms with Crippen molar-refractivity contribution < 1.29 is 4.42 Å². The number of nitrogens with one attached hydrogen (secondary N) is 2. The molecule has 1 aromatic carbocycles. The van der Waals surface area contributed by atoms with E-state index in [1.54, 1.807) is 24.4 Å². The largest absolute Gasteiger partial charge is 0.417 e. The van der Waals surface area contributed by atoms with Gasteiger partial charge < -0.3 is 15.5 Å². The first-order valence-corrected chi connectivity index (χ1v) is 5.66. The Labute approximate surface area is 107 Å². The van der Waals surface area contributed by atoms with Crippen molar-refractivity contribution in [1.82, 2.24) is 15.0 Å². The first-order valence-electron chi connectivity index (χ1n) is 5.66. The molecule has 19 heavy (non-hydrogen) atoms. The number of oxazole rings is 1. The number of anilines is 2. The van der Waals surface area contributed by atoms with Gasteiger partial charge in [-0.1, -0.05) is 0 Å². The van der Waals surface area contributed by atoms with Crippen LogP contribution in [0.15, 0.2) is 39.7 Å². The summed E-state index contributed by atoms with van der Waals surface area (Å²) in [5, 5.41) is 3.10. The van der Waals surface area contributed by atoms with Crippen LogP contribution >= 0.6 is 0 Å². The van der Waals surface area contributed by atoms with E-state index in [-0.39, 0.29) is 6.54 Å². The minimum absolute atomic E-state index is 0.279. The third kappa shape index (κ3) is 2.31. The standard InChI is InChI=1S/C12H11N5O2/c13-6-11-14-4-3-10(17-11)15-7-1-2-8-9(5-7)19-12(18)16-8/h1-5H,6,13H2,(H,16,18)(H,14,15,17). The van der Waals surface area contributed by atoms with E-state index in [2.05, 4.69) is 20.3 Å². The highest BCUT2D eigenvalue weighted by atomic mass is 16.4. The van der Waals surface area contributed by atoms with Gasteiger partial charge in [0.1, 0.15) is 11.6 Å². The fourth-order valence-electron chi connectivity index (χ4n) is 1.74. The molecular weight excluding hydrogens is 246 g/mol. The Kier molecular flexibility index (Phi) is 2.73. The number of aromatic amines is 1. The van der Waals surface area contributed by atoms with Gasteiger partial charge in [-0.2, -0.15) is 0 Å². The molecule has 0 amide bonds. The second-order valence-electron chi connectivity index (χ2n) is 3.91. The number of fused-ring (bicyclic) bond motifs is 1. The first kappa shape index (κ1) is 11.4. The molecule has 2 aromatic heterocycles. The number of nitrogens with zero attached hydrogens (tertiary/aromatic N) is 2. The molecule has 0 aliphatic rings. The highest BCUT2D eigenvalue weighted by Crippen LogP contribution is 2.19. The molecular formula is C12H11N5O2. The van der Waals surface area contributed by atoms with Crippen LogP contribution in [-0.4, -0.2) is 15.0 Å². The molecule has 0 aliphatic carbocycles. The summed E-state index contributed by atoms with van der Waals surface area (Å²) in [6.45, 7) is 0.279. The van der Waals surface area contributed by atoms with Gasteiger partial charge in [0, 0.05) is 18.0 Å². The van der Waals surface area contributed by atoms with Gasteiger partial charge in [-0.3, -0.25) is 4.98 Å². The van der Waals surface area contributed by atoms with Gasteiger partial charge in [0.05, 0.1) is 12.1 Å². The zero-order valence-electron chi connectivity index (χ0n) is 9.88. The number of nitrogens with two attached hydrogens (primary N) is 1. The summed E-state index contributed by atoms with van der Waals surface area (Å²) in [5.74, 6) is 0.714. The second-order valence-corrected chi connectivity index (χ2v) is 3.91. The Morgan fingerprint density at radius 3 is 3.11 bits per heavy atom. The Balaban J connectivity index is 1.93. The van der Waals surface area contributed by atoms with Crippen molar-refractivity contribution in [2.75, 3.05) is 5.32 Å². The van der Waals surface area contributed by atoms with E-state index in [1.807, 2.05) is 6.07 Å². The molecule has 96 valence electrons. The zero-order chi connectivity index (χ0) is 13.2. The van der Waals surface area contributed by atoms with Gasteiger partial charge in [-0.05, 0) is 18.2 Å². The molecule has 0 saturated carbocycles. The minimum Gasteiger partial charge on any atom is -0.408 e. The van der Waals surface area contributed by atoms with Crippen LogP contribution in [0.1, 0.15) is 5.82 Å². The van der Waals surface area contributed by atoms with Crippen LogP contribution in [0.3, 0.4) is 0 Å². The Hall–Kier alpha value is -2.67. The lowest BCUT2D eigenvalue weighted by Crippen LogP contribution is -2.04. The maximum absolute atomic E-state index is 11.1. The highest BCUT2D eigenvalue weighted by molar-refractivity contribution is 5.77. The van der Waals surface area contributed by atoms with E-state index in [0.29, 0.717) is 22.7 Å². The van der Waals surface area contributed by atoms with Crippen molar-refractivity contribution in [2.45, 2.75) is 6.54 Å². The summed E-state index contributed by atoms with van der Waals surface area (Å²) in [7, 11) is 0.